The van der Waals surface area contributed by atoms with Crippen molar-refractivity contribution in [1.29, 1.82) is 0 Å². The summed E-state index contributed by atoms with van der Waals surface area (Å²) in [5.74, 6) is 2.01. The highest BCUT2D eigenvalue weighted by Crippen LogP contribution is 2.33. The molecule has 0 aliphatic carbocycles. The molecule has 2 atom stereocenters. The molecule has 7 heteroatoms. The maximum Gasteiger partial charge on any atom is 0.259 e. The van der Waals surface area contributed by atoms with Crippen LogP contribution in [-0.2, 0) is 0 Å². The smallest absolute Gasteiger partial charge is 0.259 e. The number of fused-ring (bicyclic) bond motifs is 2. The SMILES string of the molecule is Cc1cc(C)nc(N2CC3CC2CN(C(=O)c2cccnc2OCC(C)C)C3)n1. The lowest BCUT2D eigenvalue weighted by Gasteiger charge is -2.33. The molecule has 2 bridgehead atoms. The van der Waals surface area contributed by atoms with Gasteiger partial charge in [0.1, 0.15) is 5.56 Å². The monoisotopic (exact) mass is 395 g/mol. The summed E-state index contributed by atoms with van der Waals surface area (Å²) < 4.78 is 5.81. The van der Waals surface area contributed by atoms with Gasteiger partial charge in [-0.2, -0.15) is 0 Å². The molecule has 2 aromatic rings. The number of aryl methyl sites for hydroxylation is 2. The molecule has 0 N–H and O–H groups in total. The number of anilines is 1. The fourth-order valence-corrected chi connectivity index (χ4v) is 4.29. The second-order valence-electron chi connectivity index (χ2n) is 8.63. The number of hydrogen-bond donors (Lipinski definition) is 0. The van der Waals surface area contributed by atoms with Crippen molar-refractivity contribution >= 4 is 11.9 Å². The fourth-order valence-electron chi connectivity index (χ4n) is 4.29. The maximum atomic E-state index is 13.3. The number of hydrogen-bond acceptors (Lipinski definition) is 6. The molecule has 2 aromatic heterocycles. The first-order valence-electron chi connectivity index (χ1n) is 10.4. The van der Waals surface area contributed by atoms with Gasteiger partial charge in [0.2, 0.25) is 11.8 Å². The van der Waals surface area contributed by atoms with E-state index in [9.17, 15) is 4.79 Å². The molecular weight excluding hydrogens is 366 g/mol. The van der Waals surface area contributed by atoms with Crippen molar-refractivity contribution in [2.75, 3.05) is 31.1 Å². The normalized spacial score (nSPS) is 21.0. The molecule has 0 spiro atoms. The number of rotatable bonds is 5. The summed E-state index contributed by atoms with van der Waals surface area (Å²) in [6, 6.07) is 5.84. The molecule has 7 nitrogen and oxygen atoms in total. The minimum atomic E-state index is -0.00486. The number of nitrogens with zero attached hydrogens (tertiary/aromatic N) is 5. The molecule has 2 saturated heterocycles. The van der Waals surface area contributed by atoms with Gasteiger partial charge in [0, 0.05) is 43.3 Å². The summed E-state index contributed by atoms with van der Waals surface area (Å²) in [4.78, 5) is 31.1. The fraction of sp³-hybridized carbons (Fsp3) is 0.545. The van der Waals surface area contributed by atoms with E-state index in [4.69, 9.17) is 4.74 Å². The zero-order chi connectivity index (χ0) is 20.5. The van der Waals surface area contributed by atoms with Gasteiger partial charge in [0.05, 0.1) is 6.61 Å². The van der Waals surface area contributed by atoms with E-state index in [1.165, 1.54) is 0 Å². The van der Waals surface area contributed by atoms with E-state index in [2.05, 4.69) is 33.7 Å². The molecule has 2 fully saturated rings. The van der Waals surface area contributed by atoms with E-state index in [-0.39, 0.29) is 11.9 Å². The van der Waals surface area contributed by atoms with Gasteiger partial charge >= 0.3 is 0 Å². The van der Waals surface area contributed by atoms with Crippen LogP contribution in [-0.4, -0.2) is 58.0 Å². The number of likely N-dealkylation sites (tertiary alicyclic amines) is 1. The van der Waals surface area contributed by atoms with Crippen LogP contribution >= 0.6 is 0 Å². The molecule has 154 valence electrons. The Bertz CT molecular complexity index is 880. The van der Waals surface area contributed by atoms with Gasteiger partial charge < -0.3 is 14.5 Å². The van der Waals surface area contributed by atoms with Crippen molar-refractivity contribution in [2.24, 2.45) is 11.8 Å². The van der Waals surface area contributed by atoms with Crippen LogP contribution in [0.1, 0.15) is 42.0 Å². The van der Waals surface area contributed by atoms with Crippen LogP contribution in [0.2, 0.25) is 0 Å². The van der Waals surface area contributed by atoms with Gasteiger partial charge in [-0.15, -0.1) is 0 Å². The highest BCUT2D eigenvalue weighted by Gasteiger charge is 2.41. The summed E-state index contributed by atoms with van der Waals surface area (Å²) in [5.41, 5.74) is 2.50. The number of piperidine rings is 1. The van der Waals surface area contributed by atoms with E-state index >= 15 is 0 Å². The quantitative estimate of drug-likeness (QED) is 0.775. The summed E-state index contributed by atoms with van der Waals surface area (Å²) in [6.07, 6.45) is 2.75. The Hall–Kier alpha value is -2.70. The highest BCUT2D eigenvalue weighted by atomic mass is 16.5. The summed E-state index contributed by atoms with van der Waals surface area (Å²) in [5, 5.41) is 0. The van der Waals surface area contributed by atoms with Crippen molar-refractivity contribution in [3.8, 4) is 5.88 Å². The van der Waals surface area contributed by atoms with Gasteiger partial charge in [0.25, 0.3) is 5.91 Å². The number of amides is 1. The van der Waals surface area contributed by atoms with Gasteiger partial charge in [-0.05, 0) is 50.3 Å². The number of carbonyl (C=O) groups is 1. The van der Waals surface area contributed by atoms with Crippen LogP contribution in [0.3, 0.4) is 0 Å². The van der Waals surface area contributed by atoms with E-state index in [0.29, 0.717) is 36.4 Å². The van der Waals surface area contributed by atoms with Gasteiger partial charge in [-0.3, -0.25) is 4.79 Å². The number of ether oxygens (including phenoxy) is 1. The summed E-state index contributed by atoms with van der Waals surface area (Å²) >= 11 is 0. The molecule has 2 aliphatic rings. The van der Waals surface area contributed by atoms with Crippen molar-refractivity contribution in [1.82, 2.24) is 19.9 Å². The van der Waals surface area contributed by atoms with Crippen LogP contribution in [0.4, 0.5) is 5.95 Å². The molecule has 4 rings (SSSR count). The molecule has 0 saturated carbocycles. The molecule has 0 aromatic carbocycles. The number of carbonyl (C=O) groups excluding carboxylic acids is 1. The first-order chi connectivity index (χ1) is 13.9. The third kappa shape index (κ3) is 4.18. The average Bonchev–Trinajstić information content (AvgIpc) is 2.99. The minimum Gasteiger partial charge on any atom is -0.477 e. The average molecular weight is 396 g/mol. The van der Waals surface area contributed by atoms with E-state index < -0.39 is 0 Å². The third-order valence-electron chi connectivity index (χ3n) is 5.48. The van der Waals surface area contributed by atoms with Crippen LogP contribution in [0.5, 0.6) is 5.88 Å². The predicted octanol–water partition coefficient (Wildman–Crippen LogP) is 2.87. The Balaban J connectivity index is 1.52. The first kappa shape index (κ1) is 19.6. The van der Waals surface area contributed by atoms with E-state index in [0.717, 1.165) is 36.8 Å². The second-order valence-corrected chi connectivity index (χ2v) is 8.63. The zero-order valence-electron chi connectivity index (χ0n) is 17.6. The zero-order valence-corrected chi connectivity index (χ0v) is 17.6. The lowest BCUT2D eigenvalue weighted by Crippen LogP contribution is -2.45. The lowest BCUT2D eigenvalue weighted by molar-refractivity contribution is 0.0688. The van der Waals surface area contributed by atoms with Crippen LogP contribution in [0, 0.1) is 25.7 Å². The van der Waals surface area contributed by atoms with Gasteiger partial charge in [0.15, 0.2) is 0 Å². The highest BCUT2D eigenvalue weighted by molar-refractivity contribution is 5.96. The topological polar surface area (TPSA) is 71.5 Å². The third-order valence-corrected chi connectivity index (χ3v) is 5.48. The molecular formula is C22H29N5O2. The van der Waals surface area contributed by atoms with E-state index in [1.807, 2.05) is 30.9 Å². The van der Waals surface area contributed by atoms with Crippen molar-refractivity contribution in [3.05, 3.63) is 41.3 Å². The Labute approximate surface area is 172 Å². The predicted molar refractivity (Wildman–Crippen MR) is 111 cm³/mol. The number of pyridine rings is 1. The molecule has 2 unspecified atom stereocenters. The van der Waals surface area contributed by atoms with Gasteiger partial charge in [-0.25, -0.2) is 15.0 Å². The Morgan fingerprint density at radius 1 is 1.21 bits per heavy atom. The first-order valence-corrected chi connectivity index (χ1v) is 10.4. The molecule has 0 radical (unpaired) electrons. The molecule has 2 aliphatic heterocycles. The number of aromatic nitrogens is 3. The van der Waals surface area contributed by atoms with Crippen molar-refractivity contribution < 1.29 is 9.53 Å². The minimum absolute atomic E-state index is 0.00486. The van der Waals surface area contributed by atoms with Gasteiger partial charge in [-0.1, -0.05) is 13.8 Å². The lowest BCUT2D eigenvalue weighted by atomic mass is 9.99. The maximum absolute atomic E-state index is 13.3. The molecule has 4 heterocycles. The van der Waals surface area contributed by atoms with Crippen molar-refractivity contribution in [2.45, 2.75) is 40.2 Å². The van der Waals surface area contributed by atoms with Crippen LogP contribution in [0.25, 0.3) is 0 Å². The Morgan fingerprint density at radius 3 is 2.69 bits per heavy atom. The second kappa shape index (κ2) is 7.97. The molecule has 1 amide bonds. The largest absolute Gasteiger partial charge is 0.477 e. The summed E-state index contributed by atoms with van der Waals surface area (Å²) in [7, 11) is 0. The Kier molecular flexibility index (Phi) is 5.39. The molecule has 29 heavy (non-hydrogen) atoms. The van der Waals surface area contributed by atoms with Crippen molar-refractivity contribution in [3.63, 3.8) is 0 Å². The van der Waals surface area contributed by atoms with Crippen LogP contribution in [0.15, 0.2) is 24.4 Å². The summed E-state index contributed by atoms with van der Waals surface area (Å²) in [6.45, 7) is 11.0. The van der Waals surface area contributed by atoms with E-state index in [1.54, 1.807) is 12.3 Å². The van der Waals surface area contributed by atoms with Crippen LogP contribution < -0.4 is 9.64 Å². The standard InChI is InChI=1S/C22H29N5O2/c1-14(2)13-29-20-19(6-5-7-23-20)21(28)26-10-17-9-18(12-26)27(11-17)22-24-15(3)8-16(4)25-22/h5-8,14,17-18H,9-13H2,1-4H3. The Morgan fingerprint density at radius 2 is 1.97 bits per heavy atom.